The van der Waals surface area contributed by atoms with Gasteiger partial charge in [0.15, 0.2) is 0 Å². The first-order valence-corrected chi connectivity index (χ1v) is 7.24. The minimum Gasteiger partial charge on any atom is -0.495 e. The standard InChI is InChI=1S/C12H12N4O4S/c1-20-11-3-2-8(21(13,18)19)6-9(11)16-12(17)10-7-14-4-5-15-10/h2-7H,1H3,(H,16,17)(H2,13,18,19). The second-order valence-corrected chi connectivity index (χ2v) is 5.51. The van der Waals surface area contributed by atoms with Crippen LogP contribution in [-0.4, -0.2) is 31.4 Å². The number of nitrogens with one attached hydrogen (secondary N) is 1. The van der Waals surface area contributed by atoms with Crippen molar-refractivity contribution < 1.29 is 17.9 Å². The number of ether oxygens (including phenoxy) is 1. The lowest BCUT2D eigenvalue weighted by molar-refractivity contribution is 0.102. The summed E-state index contributed by atoms with van der Waals surface area (Å²) in [7, 11) is -2.49. The zero-order chi connectivity index (χ0) is 15.5. The summed E-state index contributed by atoms with van der Waals surface area (Å²) in [5.74, 6) is -0.257. The molecule has 0 fully saturated rings. The van der Waals surface area contributed by atoms with E-state index in [1.165, 1.54) is 43.9 Å². The Morgan fingerprint density at radius 2 is 2.10 bits per heavy atom. The number of anilines is 1. The van der Waals surface area contributed by atoms with E-state index in [1.807, 2.05) is 0 Å². The van der Waals surface area contributed by atoms with Crippen molar-refractivity contribution in [2.24, 2.45) is 5.14 Å². The molecular weight excluding hydrogens is 296 g/mol. The molecule has 110 valence electrons. The molecule has 0 saturated carbocycles. The van der Waals surface area contributed by atoms with Gasteiger partial charge in [0.25, 0.3) is 5.91 Å². The topological polar surface area (TPSA) is 124 Å². The maximum atomic E-state index is 12.0. The van der Waals surface area contributed by atoms with Crippen LogP contribution in [0.1, 0.15) is 10.5 Å². The van der Waals surface area contributed by atoms with Crippen molar-refractivity contribution in [2.75, 3.05) is 12.4 Å². The summed E-state index contributed by atoms with van der Waals surface area (Å²) in [6.45, 7) is 0. The van der Waals surface area contributed by atoms with Crippen molar-refractivity contribution in [3.8, 4) is 5.75 Å². The van der Waals surface area contributed by atoms with Crippen molar-refractivity contribution in [3.05, 3.63) is 42.5 Å². The zero-order valence-electron chi connectivity index (χ0n) is 11.0. The molecule has 8 nitrogen and oxygen atoms in total. The Morgan fingerprint density at radius 3 is 2.67 bits per heavy atom. The predicted molar refractivity (Wildman–Crippen MR) is 74.4 cm³/mol. The Hall–Kier alpha value is -2.52. The molecule has 0 unspecified atom stereocenters. The molecule has 1 amide bonds. The number of nitrogens with two attached hydrogens (primary N) is 1. The fraction of sp³-hybridized carbons (Fsp3) is 0.0833. The molecule has 9 heteroatoms. The van der Waals surface area contributed by atoms with Gasteiger partial charge in [0, 0.05) is 12.4 Å². The molecule has 0 aliphatic heterocycles. The third-order valence-electron chi connectivity index (χ3n) is 2.54. The third kappa shape index (κ3) is 3.52. The summed E-state index contributed by atoms with van der Waals surface area (Å²) in [6, 6.07) is 3.89. The van der Waals surface area contributed by atoms with Gasteiger partial charge < -0.3 is 10.1 Å². The highest BCUT2D eigenvalue weighted by Crippen LogP contribution is 2.27. The van der Waals surface area contributed by atoms with Crippen LogP contribution < -0.4 is 15.2 Å². The maximum absolute atomic E-state index is 12.0. The summed E-state index contributed by atoms with van der Waals surface area (Å²) in [4.78, 5) is 19.5. The largest absolute Gasteiger partial charge is 0.495 e. The number of sulfonamides is 1. The summed E-state index contributed by atoms with van der Waals surface area (Å²) < 4.78 is 27.7. The highest BCUT2D eigenvalue weighted by Gasteiger charge is 2.15. The number of carbonyl (C=O) groups excluding carboxylic acids is 1. The van der Waals surface area contributed by atoms with Crippen molar-refractivity contribution >= 4 is 21.6 Å². The molecule has 0 spiro atoms. The van der Waals surface area contributed by atoms with Crippen molar-refractivity contribution in [1.29, 1.82) is 0 Å². The number of amides is 1. The lowest BCUT2D eigenvalue weighted by Crippen LogP contribution is -2.16. The fourth-order valence-electron chi connectivity index (χ4n) is 1.56. The first-order chi connectivity index (χ1) is 9.91. The number of hydrogen-bond donors (Lipinski definition) is 2. The quantitative estimate of drug-likeness (QED) is 0.841. The molecule has 1 heterocycles. The molecule has 21 heavy (non-hydrogen) atoms. The van der Waals surface area contributed by atoms with Gasteiger partial charge in [-0.25, -0.2) is 18.5 Å². The van der Waals surface area contributed by atoms with Gasteiger partial charge >= 0.3 is 0 Å². The van der Waals surface area contributed by atoms with Crippen LogP contribution in [0.5, 0.6) is 5.75 Å². The number of benzene rings is 1. The lowest BCUT2D eigenvalue weighted by Gasteiger charge is -2.11. The van der Waals surface area contributed by atoms with Gasteiger partial charge in [-0.2, -0.15) is 0 Å². The van der Waals surface area contributed by atoms with Crippen LogP contribution in [0.15, 0.2) is 41.7 Å². The fourth-order valence-corrected chi connectivity index (χ4v) is 2.10. The van der Waals surface area contributed by atoms with E-state index in [4.69, 9.17) is 9.88 Å². The van der Waals surface area contributed by atoms with Gasteiger partial charge in [-0.15, -0.1) is 0 Å². The molecule has 0 bridgehead atoms. The number of hydrogen-bond acceptors (Lipinski definition) is 6. The van der Waals surface area contributed by atoms with Gasteiger partial charge in [0.1, 0.15) is 11.4 Å². The molecule has 2 rings (SSSR count). The van der Waals surface area contributed by atoms with Crippen LogP contribution in [0, 0.1) is 0 Å². The summed E-state index contributed by atoms with van der Waals surface area (Å²) in [5, 5.41) is 7.56. The Bertz CT molecular complexity index is 762. The van der Waals surface area contributed by atoms with Gasteiger partial charge in [-0.3, -0.25) is 9.78 Å². The number of rotatable bonds is 4. The lowest BCUT2D eigenvalue weighted by atomic mass is 10.2. The average molecular weight is 308 g/mol. The highest BCUT2D eigenvalue weighted by molar-refractivity contribution is 7.89. The molecule has 0 aliphatic rings. The van der Waals surface area contributed by atoms with Gasteiger partial charge in [-0.1, -0.05) is 0 Å². The molecule has 1 aromatic carbocycles. The molecule has 0 aliphatic carbocycles. The van der Waals surface area contributed by atoms with Crippen LogP contribution in [0.3, 0.4) is 0 Å². The van der Waals surface area contributed by atoms with Crippen molar-refractivity contribution in [1.82, 2.24) is 9.97 Å². The van der Waals surface area contributed by atoms with Gasteiger partial charge in [0.2, 0.25) is 10.0 Å². The molecule has 0 radical (unpaired) electrons. The summed E-state index contributed by atoms with van der Waals surface area (Å²) >= 11 is 0. The predicted octanol–water partition coefficient (Wildman–Crippen LogP) is 0.385. The molecule has 1 aromatic heterocycles. The minimum atomic E-state index is -3.89. The Balaban J connectivity index is 2.36. The van der Waals surface area contributed by atoms with Crippen LogP contribution in [0.25, 0.3) is 0 Å². The first-order valence-electron chi connectivity index (χ1n) is 5.70. The van der Waals surface area contributed by atoms with E-state index in [-0.39, 0.29) is 16.3 Å². The van der Waals surface area contributed by atoms with Crippen molar-refractivity contribution in [3.63, 3.8) is 0 Å². The number of aromatic nitrogens is 2. The second-order valence-electron chi connectivity index (χ2n) is 3.95. The number of methoxy groups -OCH3 is 1. The van der Waals surface area contributed by atoms with E-state index in [9.17, 15) is 13.2 Å². The monoisotopic (exact) mass is 308 g/mol. The van der Waals surface area contributed by atoms with Crippen LogP contribution in [0.4, 0.5) is 5.69 Å². The second kappa shape index (κ2) is 5.85. The number of carbonyl (C=O) groups is 1. The van der Waals surface area contributed by atoms with Crippen LogP contribution in [-0.2, 0) is 10.0 Å². The Morgan fingerprint density at radius 1 is 1.33 bits per heavy atom. The number of primary sulfonamides is 1. The molecule has 0 saturated heterocycles. The van der Waals surface area contributed by atoms with E-state index in [0.717, 1.165) is 0 Å². The Labute approximate surface area is 121 Å². The maximum Gasteiger partial charge on any atom is 0.275 e. The SMILES string of the molecule is COc1ccc(S(N)(=O)=O)cc1NC(=O)c1cnccn1. The van der Waals surface area contributed by atoms with E-state index in [2.05, 4.69) is 15.3 Å². The van der Waals surface area contributed by atoms with E-state index in [1.54, 1.807) is 0 Å². The summed E-state index contributed by atoms with van der Waals surface area (Å²) in [5.41, 5.74) is 0.250. The Kier molecular flexibility index (Phi) is 4.15. The normalized spacial score (nSPS) is 11.0. The average Bonchev–Trinajstić information content (AvgIpc) is 2.47. The number of nitrogens with zero attached hydrogens (tertiary/aromatic N) is 2. The van der Waals surface area contributed by atoms with Crippen LogP contribution >= 0.6 is 0 Å². The first kappa shape index (κ1) is 14.9. The van der Waals surface area contributed by atoms with E-state index in [0.29, 0.717) is 5.75 Å². The highest BCUT2D eigenvalue weighted by atomic mass is 32.2. The molecular formula is C12H12N4O4S. The smallest absolute Gasteiger partial charge is 0.275 e. The molecule has 0 atom stereocenters. The third-order valence-corrected chi connectivity index (χ3v) is 3.45. The minimum absolute atomic E-state index is 0.0839. The van der Waals surface area contributed by atoms with E-state index < -0.39 is 15.9 Å². The molecule has 2 aromatic rings. The zero-order valence-corrected chi connectivity index (χ0v) is 11.8. The molecule has 3 N–H and O–H groups in total. The summed E-state index contributed by atoms with van der Waals surface area (Å²) in [6.07, 6.45) is 4.08. The van der Waals surface area contributed by atoms with Crippen LogP contribution in [0.2, 0.25) is 0 Å². The van der Waals surface area contributed by atoms with Gasteiger partial charge in [-0.05, 0) is 18.2 Å². The van der Waals surface area contributed by atoms with Crippen molar-refractivity contribution in [2.45, 2.75) is 4.90 Å². The van der Waals surface area contributed by atoms with Gasteiger partial charge in [0.05, 0.1) is 23.9 Å². The van der Waals surface area contributed by atoms with E-state index >= 15 is 0 Å².